The first-order chi connectivity index (χ1) is 8.25. The van der Waals surface area contributed by atoms with E-state index in [1.54, 1.807) is 11.0 Å². The Morgan fingerprint density at radius 1 is 1.28 bits per heavy atom. The van der Waals surface area contributed by atoms with E-state index in [-0.39, 0.29) is 18.4 Å². The minimum Gasteiger partial charge on any atom is -0.390 e. The number of hydrogen-bond donors (Lipinski definition) is 2. The molecule has 0 aliphatic carbocycles. The molecule has 0 radical (unpaired) electrons. The van der Waals surface area contributed by atoms with Crippen LogP contribution in [0.1, 0.15) is 5.56 Å². The topological polar surface area (TPSA) is 77.0 Å². The molecule has 1 aromatic heterocycles. The Bertz CT molecular complexity index is 435. The maximum atomic E-state index is 9.94. The van der Waals surface area contributed by atoms with Gasteiger partial charge in [0.1, 0.15) is 12.7 Å². The Morgan fingerprint density at radius 3 is 2.61 bits per heavy atom. The molecular weight excluding hydrogens is 252 g/mol. The Hall–Kier alpha value is -1.43. The minimum absolute atomic E-state index is 0. The Labute approximate surface area is 112 Å². The molecule has 5 nitrogen and oxygen atoms in total. The van der Waals surface area contributed by atoms with E-state index in [1.165, 1.54) is 6.33 Å². The summed E-state index contributed by atoms with van der Waals surface area (Å²) in [6, 6.07) is 9.59. The highest BCUT2D eigenvalue weighted by Gasteiger charge is 2.15. The van der Waals surface area contributed by atoms with E-state index >= 15 is 0 Å². The van der Waals surface area contributed by atoms with Crippen molar-refractivity contribution in [2.45, 2.75) is 25.1 Å². The van der Waals surface area contributed by atoms with Crippen molar-refractivity contribution in [3.63, 3.8) is 0 Å². The van der Waals surface area contributed by atoms with Crippen LogP contribution in [0.4, 0.5) is 0 Å². The van der Waals surface area contributed by atoms with E-state index in [0.717, 1.165) is 5.56 Å². The standard InChI is InChI=1S/C12H16N4O.ClH/c13-11(6-10-4-2-1-3-5-10)12(17)7-16-9-14-8-15-16;/h1-5,8-9,11-12,17H,6-7,13H2;1H/t11-,12+;/m1./s1. The van der Waals surface area contributed by atoms with Gasteiger partial charge in [-0.25, -0.2) is 4.98 Å². The summed E-state index contributed by atoms with van der Waals surface area (Å²) in [7, 11) is 0. The molecule has 0 amide bonds. The molecule has 0 bridgehead atoms. The highest BCUT2D eigenvalue weighted by molar-refractivity contribution is 5.85. The van der Waals surface area contributed by atoms with Gasteiger partial charge in [-0.1, -0.05) is 30.3 Å². The molecule has 6 heteroatoms. The molecule has 0 spiro atoms. The summed E-state index contributed by atoms with van der Waals surface area (Å²) >= 11 is 0. The van der Waals surface area contributed by atoms with Crippen molar-refractivity contribution >= 4 is 12.4 Å². The summed E-state index contributed by atoms with van der Waals surface area (Å²) in [6.45, 7) is 0.369. The number of nitrogens with two attached hydrogens (primary N) is 1. The maximum Gasteiger partial charge on any atom is 0.137 e. The number of hydrogen-bond acceptors (Lipinski definition) is 4. The van der Waals surface area contributed by atoms with Crippen LogP contribution < -0.4 is 5.73 Å². The fraction of sp³-hybridized carbons (Fsp3) is 0.333. The van der Waals surface area contributed by atoms with Gasteiger partial charge in [0, 0.05) is 6.04 Å². The van der Waals surface area contributed by atoms with E-state index in [0.29, 0.717) is 13.0 Å². The van der Waals surface area contributed by atoms with E-state index in [9.17, 15) is 5.11 Å². The molecule has 98 valence electrons. The molecule has 1 aromatic carbocycles. The monoisotopic (exact) mass is 268 g/mol. The average Bonchev–Trinajstić information content (AvgIpc) is 2.83. The van der Waals surface area contributed by atoms with Gasteiger partial charge in [0.05, 0.1) is 12.6 Å². The summed E-state index contributed by atoms with van der Waals surface area (Å²) in [5.41, 5.74) is 7.08. The fourth-order valence-corrected chi connectivity index (χ4v) is 1.68. The number of nitrogens with zero attached hydrogens (tertiary/aromatic N) is 3. The second-order valence-corrected chi connectivity index (χ2v) is 4.04. The van der Waals surface area contributed by atoms with Gasteiger partial charge < -0.3 is 10.8 Å². The maximum absolute atomic E-state index is 9.94. The van der Waals surface area contributed by atoms with Gasteiger partial charge in [-0.05, 0) is 12.0 Å². The van der Waals surface area contributed by atoms with Gasteiger partial charge in [-0.3, -0.25) is 4.68 Å². The van der Waals surface area contributed by atoms with Crippen molar-refractivity contribution in [1.29, 1.82) is 0 Å². The Balaban J connectivity index is 0.00000162. The first-order valence-electron chi connectivity index (χ1n) is 5.55. The number of rotatable bonds is 5. The normalized spacial score (nSPS) is 13.7. The lowest BCUT2D eigenvalue weighted by molar-refractivity contribution is 0.120. The molecule has 2 atom stereocenters. The van der Waals surface area contributed by atoms with E-state index in [2.05, 4.69) is 10.1 Å². The fourth-order valence-electron chi connectivity index (χ4n) is 1.68. The van der Waals surface area contributed by atoms with Crippen molar-refractivity contribution in [2.75, 3.05) is 0 Å². The van der Waals surface area contributed by atoms with Crippen LogP contribution in [0.2, 0.25) is 0 Å². The van der Waals surface area contributed by atoms with Crippen molar-refractivity contribution in [3.8, 4) is 0 Å². The van der Waals surface area contributed by atoms with Gasteiger partial charge >= 0.3 is 0 Å². The lowest BCUT2D eigenvalue weighted by atomic mass is 10.0. The van der Waals surface area contributed by atoms with Crippen LogP contribution in [0.25, 0.3) is 0 Å². The van der Waals surface area contributed by atoms with E-state index < -0.39 is 6.10 Å². The van der Waals surface area contributed by atoms with Crippen LogP contribution in [0.15, 0.2) is 43.0 Å². The molecule has 18 heavy (non-hydrogen) atoms. The van der Waals surface area contributed by atoms with Crippen LogP contribution >= 0.6 is 12.4 Å². The largest absolute Gasteiger partial charge is 0.390 e. The molecule has 2 aromatic rings. The SMILES string of the molecule is Cl.N[C@H](Cc1ccccc1)[C@@H](O)Cn1cncn1. The molecule has 0 saturated carbocycles. The van der Waals surface area contributed by atoms with Gasteiger partial charge in [0.25, 0.3) is 0 Å². The summed E-state index contributed by atoms with van der Waals surface area (Å²) < 4.78 is 1.58. The number of aliphatic hydroxyl groups excluding tert-OH is 1. The highest BCUT2D eigenvalue weighted by Crippen LogP contribution is 2.05. The first kappa shape index (κ1) is 14.6. The first-order valence-corrected chi connectivity index (χ1v) is 5.55. The molecule has 0 unspecified atom stereocenters. The predicted molar refractivity (Wildman–Crippen MR) is 71.4 cm³/mol. The van der Waals surface area contributed by atoms with Crippen molar-refractivity contribution in [2.24, 2.45) is 5.73 Å². The zero-order chi connectivity index (χ0) is 12.1. The summed E-state index contributed by atoms with van der Waals surface area (Å²) in [6.07, 6.45) is 3.03. The van der Waals surface area contributed by atoms with Crippen molar-refractivity contribution in [1.82, 2.24) is 14.8 Å². The van der Waals surface area contributed by atoms with Crippen LogP contribution in [0, 0.1) is 0 Å². The minimum atomic E-state index is -0.628. The molecule has 2 rings (SSSR count). The molecule has 1 heterocycles. The molecule has 0 saturated heterocycles. The summed E-state index contributed by atoms with van der Waals surface area (Å²) in [4.78, 5) is 3.82. The lowest BCUT2D eigenvalue weighted by Crippen LogP contribution is -2.39. The number of halogens is 1. The van der Waals surface area contributed by atoms with Crippen LogP contribution in [-0.4, -0.2) is 32.0 Å². The predicted octanol–water partition coefficient (Wildman–Crippen LogP) is 0.631. The second-order valence-electron chi connectivity index (χ2n) is 4.04. The van der Waals surface area contributed by atoms with E-state index in [1.807, 2.05) is 30.3 Å². The van der Waals surface area contributed by atoms with Crippen LogP contribution in [-0.2, 0) is 13.0 Å². The molecular formula is C12H17ClN4O. The lowest BCUT2D eigenvalue weighted by Gasteiger charge is -2.18. The van der Waals surface area contributed by atoms with Crippen molar-refractivity contribution < 1.29 is 5.11 Å². The second kappa shape index (κ2) is 7.10. The number of benzene rings is 1. The molecule has 3 N–H and O–H groups in total. The van der Waals surface area contributed by atoms with Crippen molar-refractivity contribution in [3.05, 3.63) is 48.5 Å². The zero-order valence-electron chi connectivity index (χ0n) is 9.88. The third kappa shape index (κ3) is 4.10. The Morgan fingerprint density at radius 2 is 2.00 bits per heavy atom. The molecule has 0 aliphatic heterocycles. The average molecular weight is 269 g/mol. The van der Waals surface area contributed by atoms with Crippen LogP contribution in [0.3, 0.4) is 0 Å². The smallest absolute Gasteiger partial charge is 0.137 e. The Kier molecular flexibility index (Phi) is 5.77. The van der Waals surface area contributed by atoms with Gasteiger partial charge in [0.15, 0.2) is 0 Å². The summed E-state index contributed by atoms with van der Waals surface area (Å²) in [5, 5.41) is 13.9. The van der Waals surface area contributed by atoms with Gasteiger partial charge in [0.2, 0.25) is 0 Å². The third-order valence-corrected chi connectivity index (χ3v) is 2.65. The number of aliphatic hydroxyl groups is 1. The summed E-state index contributed by atoms with van der Waals surface area (Å²) in [5.74, 6) is 0. The zero-order valence-corrected chi connectivity index (χ0v) is 10.7. The van der Waals surface area contributed by atoms with Gasteiger partial charge in [-0.15, -0.1) is 12.4 Å². The van der Waals surface area contributed by atoms with Gasteiger partial charge in [-0.2, -0.15) is 5.10 Å². The third-order valence-electron chi connectivity index (χ3n) is 2.65. The quantitative estimate of drug-likeness (QED) is 0.834. The highest BCUT2D eigenvalue weighted by atomic mass is 35.5. The number of aromatic nitrogens is 3. The van der Waals surface area contributed by atoms with Crippen LogP contribution in [0.5, 0.6) is 0 Å². The van der Waals surface area contributed by atoms with E-state index in [4.69, 9.17) is 5.73 Å². The molecule has 0 aliphatic rings. The molecule has 0 fully saturated rings.